The number of carbonyl (C=O) groups excluding carboxylic acids is 2. The molecule has 2 heterocycles. The van der Waals surface area contributed by atoms with Gasteiger partial charge in [0.25, 0.3) is 0 Å². The second-order valence-electron chi connectivity index (χ2n) is 6.93. The number of carbonyl (C=O) groups is 2. The topological polar surface area (TPSA) is 78.7 Å². The predicted octanol–water partition coefficient (Wildman–Crippen LogP) is 0.369. The lowest BCUT2D eigenvalue weighted by Gasteiger charge is -2.45. The summed E-state index contributed by atoms with van der Waals surface area (Å²) in [5, 5.41) is 2.92. The zero-order valence-corrected chi connectivity index (χ0v) is 14.7. The van der Waals surface area contributed by atoms with Crippen LogP contribution < -0.4 is 11.1 Å². The molecular weight excluding hydrogens is 316 g/mol. The fraction of sp³-hybridized carbons (Fsp3) is 0.579. The molecule has 2 aliphatic rings. The van der Waals surface area contributed by atoms with Crippen molar-refractivity contribution in [1.29, 1.82) is 0 Å². The van der Waals surface area contributed by atoms with Crippen LogP contribution in [0, 0.1) is 0 Å². The molecule has 0 aromatic heterocycles. The molecule has 2 amide bonds. The molecular formula is C19H28N4O2. The van der Waals surface area contributed by atoms with Crippen molar-refractivity contribution in [3.63, 3.8) is 0 Å². The van der Waals surface area contributed by atoms with Gasteiger partial charge in [-0.1, -0.05) is 30.3 Å². The minimum absolute atomic E-state index is 0.0123. The Balaban J connectivity index is 1.53. The molecule has 0 saturated carbocycles. The lowest BCUT2D eigenvalue weighted by Crippen LogP contribution is -2.69. The Morgan fingerprint density at radius 1 is 1.12 bits per heavy atom. The molecule has 0 spiro atoms. The largest absolute Gasteiger partial charge is 0.342 e. The Kier molecular flexibility index (Phi) is 6.04. The minimum atomic E-state index is -0.369. The Bertz CT molecular complexity index is 592. The lowest BCUT2D eigenvalue weighted by atomic mass is 10.00. The molecule has 0 bridgehead atoms. The van der Waals surface area contributed by atoms with Crippen LogP contribution in [0.2, 0.25) is 0 Å². The summed E-state index contributed by atoms with van der Waals surface area (Å²) < 4.78 is 0. The van der Waals surface area contributed by atoms with E-state index in [4.69, 9.17) is 5.73 Å². The van der Waals surface area contributed by atoms with Gasteiger partial charge in [0, 0.05) is 26.2 Å². The number of piperazine rings is 2. The van der Waals surface area contributed by atoms with E-state index in [1.165, 1.54) is 5.56 Å². The van der Waals surface area contributed by atoms with E-state index in [1.807, 2.05) is 18.2 Å². The van der Waals surface area contributed by atoms with Crippen LogP contribution in [-0.2, 0) is 16.0 Å². The van der Waals surface area contributed by atoms with Crippen molar-refractivity contribution in [3.05, 3.63) is 35.9 Å². The Labute approximate surface area is 149 Å². The van der Waals surface area contributed by atoms with Gasteiger partial charge in [-0.05, 0) is 37.8 Å². The van der Waals surface area contributed by atoms with Gasteiger partial charge in [0.15, 0.2) is 0 Å². The van der Waals surface area contributed by atoms with Crippen LogP contribution in [0.1, 0.15) is 24.8 Å². The molecule has 0 aliphatic carbocycles. The number of amides is 2. The maximum absolute atomic E-state index is 12.6. The van der Waals surface area contributed by atoms with E-state index < -0.39 is 0 Å². The number of unbranched alkanes of at least 4 members (excludes halogenated alkanes) is 1. The van der Waals surface area contributed by atoms with Gasteiger partial charge in [-0.2, -0.15) is 0 Å². The van der Waals surface area contributed by atoms with Crippen molar-refractivity contribution in [3.8, 4) is 0 Å². The third kappa shape index (κ3) is 4.38. The fourth-order valence-electron chi connectivity index (χ4n) is 3.68. The number of nitrogens with one attached hydrogen (secondary N) is 1. The number of hydrogen-bond acceptors (Lipinski definition) is 4. The van der Waals surface area contributed by atoms with Gasteiger partial charge in [-0.15, -0.1) is 0 Å². The second kappa shape index (κ2) is 8.45. The van der Waals surface area contributed by atoms with E-state index in [9.17, 15) is 9.59 Å². The quantitative estimate of drug-likeness (QED) is 0.701. The highest BCUT2D eigenvalue weighted by Gasteiger charge is 2.42. The maximum atomic E-state index is 12.6. The predicted molar refractivity (Wildman–Crippen MR) is 96.9 cm³/mol. The molecule has 3 N–H and O–H groups in total. The van der Waals surface area contributed by atoms with Crippen LogP contribution in [0.4, 0.5) is 0 Å². The van der Waals surface area contributed by atoms with Crippen LogP contribution >= 0.6 is 0 Å². The van der Waals surface area contributed by atoms with E-state index >= 15 is 0 Å². The summed E-state index contributed by atoms with van der Waals surface area (Å²) in [6.07, 6.45) is 3.40. The third-order valence-electron chi connectivity index (χ3n) is 5.17. The Morgan fingerprint density at radius 3 is 2.68 bits per heavy atom. The second-order valence-corrected chi connectivity index (χ2v) is 6.93. The third-order valence-corrected chi connectivity index (χ3v) is 5.17. The van der Waals surface area contributed by atoms with Gasteiger partial charge in [-0.3, -0.25) is 14.5 Å². The summed E-state index contributed by atoms with van der Waals surface area (Å²) in [5.41, 5.74) is 6.81. The molecule has 1 aromatic rings. The lowest BCUT2D eigenvalue weighted by molar-refractivity contribution is -0.153. The van der Waals surface area contributed by atoms with Crippen molar-refractivity contribution in [2.45, 2.75) is 37.8 Å². The first-order chi connectivity index (χ1) is 12.2. The minimum Gasteiger partial charge on any atom is -0.342 e. The van der Waals surface area contributed by atoms with Crippen molar-refractivity contribution in [1.82, 2.24) is 15.1 Å². The first-order valence-corrected chi connectivity index (χ1v) is 9.26. The van der Waals surface area contributed by atoms with Crippen LogP contribution in [0.15, 0.2) is 30.3 Å². The summed E-state index contributed by atoms with van der Waals surface area (Å²) in [5.74, 6) is 0.0612. The van der Waals surface area contributed by atoms with Gasteiger partial charge in [0.1, 0.15) is 12.1 Å². The van der Waals surface area contributed by atoms with Crippen LogP contribution in [-0.4, -0.2) is 66.4 Å². The number of hydrogen-bond donors (Lipinski definition) is 2. The first-order valence-electron chi connectivity index (χ1n) is 9.26. The molecule has 6 heteroatoms. The van der Waals surface area contributed by atoms with Crippen molar-refractivity contribution < 1.29 is 9.59 Å². The number of nitrogens with two attached hydrogens (primary N) is 1. The Morgan fingerprint density at radius 2 is 1.92 bits per heavy atom. The average molecular weight is 344 g/mol. The molecule has 2 atom stereocenters. The summed E-state index contributed by atoms with van der Waals surface area (Å²) >= 11 is 0. The average Bonchev–Trinajstić information content (AvgIpc) is 2.65. The highest BCUT2D eigenvalue weighted by molar-refractivity contribution is 5.97. The van der Waals surface area contributed by atoms with Gasteiger partial charge >= 0.3 is 0 Å². The number of benzene rings is 1. The van der Waals surface area contributed by atoms with E-state index in [2.05, 4.69) is 22.3 Å². The maximum Gasteiger partial charge on any atom is 0.245 e. The zero-order valence-electron chi connectivity index (χ0n) is 14.7. The van der Waals surface area contributed by atoms with Gasteiger partial charge in [0.05, 0.1) is 0 Å². The van der Waals surface area contributed by atoms with Gasteiger partial charge in [0.2, 0.25) is 11.8 Å². The highest BCUT2D eigenvalue weighted by Crippen LogP contribution is 2.19. The normalized spacial score (nSPS) is 24.1. The van der Waals surface area contributed by atoms with Gasteiger partial charge in [-0.25, -0.2) is 0 Å². The molecule has 136 valence electrons. The SMILES string of the molecule is NCCCC[C@@H]1NC(=O)[C@H]2CN(CCc3ccccc3)CCN2C1=O. The molecule has 3 rings (SSSR count). The number of rotatable bonds is 7. The van der Waals surface area contributed by atoms with Crippen LogP contribution in [0.25, 0.3) is 0 Å². The van der Waals surface area contributed by atoms with E-state index in [0.717, 1.165) is 32.4 Å². The van der Waals surface area contributed by atoms with Crippen molar-refractivity contribution in [2.75, 3.05) is 32.7 Å². The van der Waals surface area contributed by atoms with E-state index in [1.54, 1.807) is 4.90 Å². The highest BCUT2D eigenvalue weighted by atomic mass is 16.2. The first kappa shape index (κ1) is 17.9. The molecule has 2 fully saturated rings. The standard InChI is InChI=1S/C19H28N4O2/c20-10-5-4-8-16-19(25)23-13-12-22(14-17(23)18(24)21-16)11-9-15-6-2-1-3-7-15/h1-3,6-7,16-17H,4-5,8-14,20H2,(H,21,24)/t16-,17+/m0/s1. The number of fused-ring (bicyclic) bond motifs is 1. The molecule has 1 aromatic carbocycles. The van der Waals surface area contributed by atoms with Crippen LogP contribution in [0.5, 0.6) is 0 Å². The Hall–Kier alpha value is -1.92. The summed E-state index contributed by atoms with van der Waals surface area (Å²) in [6, 6.07) is 9.65. The molecule has 25 heavy (non-hydrogen) atoms. The summed E-state index contributed by atoms with van der Waals surface area (Å²) in [6.45, 7) is 3.63. The zero-order chi connectivity index (χ0) is 17.6. The fourth-order valence-corrected chi connectivity index (χ4v) is 3.68. The molecule has 0 unspecified atom stereocenters. The van der Waals surface area contributed by atoms with E-state index in [0.29, 0.717) is 26.1 Å². The van der Waals surface area contributed by atoms with Crippen molar-refractivity contribution >= 4 is 11.8 Å². The molecule has 0 radical (unpaired) electrons. The summed E-state index contributed by atoms with van der Waals surface area (Å²) in [4.78, 5) is 29.2. The van der Waals surface area contributed by atoms with E-state index in [-0.39, 0.29) is 23.9 Å². The summed E-state index contributed by atoms with van der Waals surface area (Å²) in [7, 11) is 0. The monoisotopic (exact) mass is 344 g/mol. The molecule has 6 nitrogen and oxygen atoms in total. The molecule has 2 aliphatic heterocycles. The van der Waals surface area contributed by atoms with Crippen LogP contribution in [0.3, 0.4) is 0 Å². The molecule has 2 saturated heterocycles. The number of nitrogens with zero attached hydrogens (tertiary/aromatic N) is 2. The van der Waals surface area contributed by atoms with Gasteiger partial charge < -0.3 is 16.0 Å². The van der Waals surface area contributed by atoms with Crippen molar-refractivity contribution in [2.24, 2.45) is 5.73 Å². The smallest absolute Gasteiger partial charge is 0.245 e.